The molecule has 1 aromatic carbocycles. The first kappa shape index (κ1) is 21.2. The van der Waals surface area contributed by atoms with E-state index in [0.29, 0.717) is 30.8 Å². The Morgan fingerprint density at radius 3 is 2.90 bits per heavy atom. The van der Waals surface area contributed by atoms with Crippen LogP contribution in [0.4, 0.5) is 10.2 Å². The Balaban J connectivity index is 1.27. The van der Waals surface area contributed by atoms with Crippen molar-refractivity contribution < 1.29 is 14.0 Å². The van der Waals surface area contributed by atoms with Crippen LogP contribution in [0.15, 0.2) is 36.4 Å². The third kappa shape index (κ3) is 4.85. The maximum Gasteiger partial charge on any atom is 0.242 e. The molecule has 8 heteroatoms. The van der Waals surface area contributed by atoms with Crippen LogP contribution in [0.25, 0.3) is 0 Å². The zero-order valence-corrected chi connectivity index (χ0v) is 17.5. The molecule has 2 amide bonds. The Labute approximate surface area is 181 Å². The third-order valence-corrected chi connectivity index (χ3v) is 6.15. The van der Waals surface area contributed by atoms with Crippen molar-refractivity contribution in [2.24, 2.45) is 5.92 Å². The monoisotopic (exact) mass is 425 g/mol. The Kier molecular flexibility index (Phi) is 6.18. The van der Waals surface area contributed by atoms with Crippen molar-refractivity contribution in [2.45, 2.75) is 50.7 Å². The average Bonchev–Trinajstić information content (AvgIpc) is 3.36. The van der Waals surface area contributed by atoms with Crippen molar-refractivity contribution >= 4 is 17.6 Å². The molecule has 1 fully saturated rings. The first-order valence-electron chi connectivity index (χ1n) is 10.7. The number of anilines is 1. The van der Waals surface area contributed by atoms with E-state index in [1.807, 2.05) is 12.1 Å². The van der Waals surface area contributed by atoms with E-state index >= 15 is 0 Å². The Morgan fingerprint density at radius 1 is 1.29 bits per heavy atom. The molecule has 31 heavy (non-hydrogen) atoms. The largest absolute Gasteiger partial charge is 0.384 e. The van der Waals surface area contributed by atoms with E-state index in [0.717, 1.165) is 24.1 Å². The number of rotatable bonds is 6. The van der Waals surface area contributed by atoms with Crippen LogP contribution in [0, 0.1) is 11.7 Å². The van der Waals surface area contributed by atoms with E-state index in [9.17, 15) is 14.0 Å². The molecule has 1 aromatic heterocycles. The van der Waals surface area contributed by atoms with Gasteiger partial charge < -0.3 is 21.7 Å². The minimum atomic E-state index is -0.661. The van der Waals surface area contributed by atoms with E-state index in [1.54, 1.807) is 25.1 Å². The fourth-order valence-corrected chi connectivity index (χ4v) is 4.45. The SMILES string of the molecule is C[C@H](NC(=O)[C@H]1C[C@H](Cc2ccccc2F)CN1)C(=O)N[C@@H]1CCc2nc(N)ccc21. The van der Waals surface area contributed by atoms with Crippen molar-refractivity contribution in [1.29, 1.82) is 0 Å². The van der Waals surface area contributed by atoms with Crippen LogP contribution >= 0.6 is 0 Å². The summed E-state index contributed by atoms with van der Waals surface area (Å²) in [6, 6.07) is 9.19. The number of pyridine rings is 1. The number of aryl methyl sites for hydroxylation is 1. The predicted molar refractivity (Wildman–Crippen MR) is 115 cm³/mol. The third-order valence-electron chi connectivity index (χ3n) is 6.15. The molecule has 1 saturated heterocycles. The fourth-order valence-electron chi connectivity index (χ4n) is 4.45. The molecule has 1 aliphatic heterocycles. The fraction of sp³-hybridized carbons (Fsp3) is 0.435. The number of hydrogen-bond acceptors (Lipinski definition) is 5. The van der Waals surface area contributed by atoms with Gasteiger partial charge >= 0.3 is 0 Å². The lowest BCUT2D eigenvalue weighted by atomic mass is 9.96. The molecule has 5 N–H and O–H groups in total. The van der Waals surface area contributed by atoms with Gasteiger partial charge in [-0.25, -0.2) is 9.37 Å². The lowest BCUT2D eigenvalue weighted by Crippen LogP contribution is -2.50. The number of carbonyl (C=O) groups excluding carboxylic acids is 2. The molecule has 0 unspecified atom stereocenters. The van der Waals surface area contributed by atoms with Crippen LogP contribution in [0.1, 0.15) is 42.6 Å². The molecule has 7 nitrogen and oxygen atoms in total. The van der Waals surface area contributed by atoms with Gasteiger partial charge in [0.1, 0.15) is 17.7 Å². The van der Waals surface area contributed by atoms with Gasteiger partial charge in [-0.15, -0.1) is 0 Å². The molecule has 1 aliphatic carbocycles. The molecule has 2 aliphatic rings. The molecule has 0 radical (unpaired) electrons. The van der Waals surface area contributed by atoms with Gasteiger partial charge in [0.25, 0.3) is 0 Å². The van der Waals surface area contributed by atoms with Gasteiger partial charge in [-0.05, 0) is 68.3 Å². The summed E-state index contributed by atoms with van der Waals surface area (Å²) in [4.78, 5) is 29.6. The molecule has 0 saturated carbocycles. The van der Waals surface area contributed by atoms with Gasteiger partial charge in [0.2, 0.25) is 11.8 Å². The second kappa shape index (κ2) is 9.01. The number of nitrogens with one attached hydrogen (secondary N) is 3. The summed E-state index contributed by atoms with van der Waals surface area (Å²) in [5.41, 5.74) is 8.29. The van der Waals surface area contributed by atoms with E-state index in [1.165, 1.54) is 6.07 Å². The topological polar surface area (TPSA) is 109 Å². The first-order chi connectivity index (χ1) is 14.9. The number of carbonyl (C=O) groups is 2. The highest BCUT2D eigenvalue weighted by atomic mass is 19.1. The number of benzene rings is 1. The summed E-state index contributed by atoms with van der Waals surface area (Å²) < 4.78 is 13.9. The highest BCUT2D eigenvalue weighted by Gasteiger charge is 2.32. The summed E-state index contributed by atoms with van der Waals surface area (Å²) in [5.74, 6) is -0.00798. The maximum atomic E-state index is 13.9. The smallest absolute Gasteiger partial charge is 0.242 e. The van der Waals surface area contributed by atoms with Crippen LogP contribution in [-0.2, 0) is 22.4 Å². The standard InChI is InChI=1S/C23H28FN5O2/c1-13(22(30)29-19-8-7-18-16(19)6-9-21(25)28-18)27-23(31)20-11-14(12-26-20)10-15-4-2-3-5-17(15)24/h2-6,9,13-14,19-20,26H,7-8,10-12H2,1H3,(H2,25,28)(H,27,31)(H,29,30)/t13-,14-,19+,20+/m0/s1. The lowest BCUT2D eigenvalue weighted by Gasteiger charge is -2.20. The number of nitrogens with zero attached hydrogens (tertiary/aromatic N) is 1. The van der Waals surface area contributed by atoms with Crippen LogP contribution in [0.2, 0.25) is 0 Å². The molecule has 0 bridgehead atoms. The molecular weight excluding hydrogens is 397 g/mol. The van der Waals surface area contributed by atoms with Gasteiger partial charge in [0, 0.05) is 5.69 Å². The number of aromatic nitrogens is 1. The Hall–Kier alpha value is -3.00. The number of halogens is 1. The lowest BCUT2D eigenvalue weighted by molar-refractivity contribution is -0.129. The number of hydrogen-bond donors (Lipinski definition) is 4. The molecule has 4 rings (SSSR count). The minimum Gasteiger partial charge on any atom is -0.384 e. The van der Waals surface area contributed by atoms with Gasteiger partial charge in [-0.3, -0.25) is 9.59 Å². The number of nitrogen functional groups attached to an aromatic ring is 1. The normalized spacial score (nSPS) is 23.2. The summed E-state index contributed by atoms with van der Waals surface area (Å²) in [6.45, 7) is 2.32. The van der Waals surface area contributed by atoms with Crippen LogP contribution in [0.3, 0.4) is 0 Å². The second-order valence-corrected chi connectivity index (χ2v) is 8.46. The zero-order chi connectivity index (χ0) is 22.0. The predicted octanol–water partition coefficient (Wildman–Crippen LogP) is 1.63. The average molecular weight is 426 g/mol. The second-order valence-electron chi connectivity index (χ2n) is 8.46. The minimum absolute atomic E-state index is 0.121. The Bertz CT molecular complexity index is 982. The summed E-state index contributed by atoms with van der Waals surface area (Å²) in [7, 11) is 0. The van der Waals surface area contributed by atoms with E-state index < -0.39 is 6.04 Å². The molecular formula is C23H28FN5O2. The summed E-state index contributed by atoms with van der Waals surface area (Å²) in [6.07, 6.45) is 2.72. The molecule has 0 spiro atoms. The highest BCUT2D eigenvalue weighted by Crippen LogP contribution is 2.30. The van der Waals surface area contributed by atoms with Crippen LogP contribution in [0.5, 0.6) is 0 Å². The van der Waals surface area contributed by atoms with Crippen LogP contribution in [-0.4, -0.2) is 35.4 Å². The number of nitrogens with two attached hydrogens (primary N) is 1. The summed E-state index contributed by atoms with van der Waals surface area (Å²) >= 11 is 0. The van der Waals surface area contributed by atoms with Crippen molar-refractivity contribution in [3.05, 3.63) is 59.0 Å². The number of fused-ring (bicyclic) bond motifs is 1. The maximum absolute atomic E-state index is 13.9. The van der Waals surface area contributed by atoms with Crippen molar-refractivity contribution in [3.8, 4) is 0 Å². The molecule has 2 heterocycles. The van der Waals surface area contributed by atoms with E-state index in [2.05, 4.69) is 20.9 Å². The summed E-state index contributed by atoms with van der Waals surface area (Å²) in [5, 5.41) is 9.00. The van der Waals surface area contributed by atoms with Crippen molar-refractivity contribution in [2.75, 3.05) is 12.3 Å². The van der Waals surface area contributed by atoms with E-state index in [4.69, 9.17) is 5.73 Å². The van der Waals surface area contributed by atoms with Gasteiger partial charge in [0.15, 0.2) is 0 Å². The highest BCUT2D eigenvalue weighted by molar-refractivity contribution is 5.89. The number of amides is 2. The zero-order valence-electron chi connectivity index (χ0n) is 17.5. The van der Waals surface area contributed by atoms with Crippen molar-refractivity contribution in [1.82, 2.24) is 20.9 Å². The molecule has 4 atom stereocenters. The Morgan fingerprint density at radius 2 is 2.10 bits per heavy atom. The van der Waals surface area contributed by atoms with Gasteiger partial charge in [-0.1, -0.05) is 24.3 Å². The van der Waals surface area contributed by atoms with Gasteiger partial charge in [-0.2, -0.15) is 0 Å². The van der Waals surface area contributed by atoms with Crippen LogP contribution < -0.4 is 21.7 Å². The van der Waals surface area contributed by atoms with Crippen molar-refractivity contribution in [3.63, 3.8) is 0 Å². The molecule has 164 valence electrons. The first-order valence-corrected chi connectivity index (χ1v) is 10.7. The molecule has 2 aromatic rings. The van der Waals surface area contributed by atoms with Gasteiger partial charge in [0.05, 0.1) is 12.1 Å². The quantitative estimate of drug-likeness (QED) is 0.563. The van der Waals surface area contributed by atoms with E-state index in [-0.39, 0.29) is 35.6 Å².